The van der Waals surface area contributed by atoms with Crippen LogP contribution in [0.1, 0.15) is 36.8 Å². The van der Waals surface area contributed by atoms with Gasteiger partial charge in [0.25, 0.3) is 0 Å². The molecule has 4 N–H and O–H groups in total. The molecule has 152 valence electrons. The molecule has 1 saturated heterocycles. The molecule has 3 heterocycles. The van der Waals surface area contributed by atoms with E-state index in [4.69, 9.17) is 5.73 Å². The Kier molecular flexibility index (Phi) is 4.71. The topological polar surface area (TPSA) is 99.4 Å². The fourth-order valence-corrected chi connectivity index (χ4v) is 4.09. The summed E-state index contributed by atoms with van der Waals surface area (Å²) in [5.41, 5.74) is 9.12. The van der Waals surface area contributed by atoms with Crippen LogP contribution in [0.15, 0.2) is 24.3 Å². The molecule has 2 aliphatic heterocycles. The monoisotopic (exact) mass is 393 g/mol. The molecule has 3 aliphatic rings. The fourth-order valence-electron chi connectivity index (χ4n) is 4.09. The van der Waals surface area contributed by atoms with E-state index >= 15 is 0 Å². The molecule has 0 unspecified atom stereocenters. The van der Waals surface area contributed by atoms with Gasteiger partial charge in [-0.3, -0.25) is 9.69 Å². The molecule has 1 amide bonds. The second-order valence-corrected chi connectivity index (χ2v) is 8.26. The maximum absolute atomic E-state index is 12.3. The van der Waals surface area contributed by atoms with Gasteiger partial charge in [0.1, 0.15) is 5.69 Å². The minimum Gasteiger partial charge on any atom is -0.382 e. The van der Waals surface area contributed by atoms with E-state index in [0.717, 1.165) is 24.9 Å². The standard InChI is InChI=1S/C21H27N7O/c22-19-18-20(26-21(25-19)23-16-6-7-16)28(13-17(29)24-18)12-15-5-3-4-14(10-15)11-27-8-1-2-9-27/h3-5,10,16H,1-2,6-9,11-13H2,(H,24,29)(H3,22,23,25,26). The van der Waals surface area contributed by atoms with Crippen LogP contribution in [0.25, 0.3) is 0 Å². The molecule has 2 fully saturated rings. The van der Waals surface area contributed by atoms with Crippen molar-refractivity contribution in [2.75, 3.05) is 40.9 Å². The Balaban J connectivity index is 1.38. The molecule has 2 aromatic rings. The van der Waals surface area contributed by atoms with Gasteiger partial charge in [0.15, 0.2) is 11.6 Å². The number of rotatable bonds is 6. The average Bonchev–Trinajstić information content (AvgIpc) is 3.35. The summed E-state index contributed by atoms with van der Waals surface area (Å²) in [4.78, 5) is 25.7. The highest BCUT2D eigenvalue weighted by Gasteiger charge is 2.29. The summed E-state index contributed by atoms with van der Waals surface area (Å²) >= 11 is 0. The van der Waals surface area contributed by atoms with E-state index < -0.39 is 0 Å². The zero-order valence-corrected chi connectivity index (χ0v) is 16.5. The van der Waals surface area contributed by atoms with Crippen LogP contribution in [0.5, 0.6) is 0 Å². The molecule has 1 saturated carbocycles. The second kappa shape index (κ2) is 7.51. The SMILES string of the molecule is Nc1nc(NC2CC2)nc2c1NC(=O)CN2Cc1cccc(CN2CCCC2)c1. The first-order valence-corrected chi connectivity index (χ1v) is 10.4. The summed E-state index contributed by atoms with van der Waals surface area (Å²) in [6, 6.07) is 9.05. The number of nitrogens with two attached hydrogens (primary N) is 1. The third-order valence-corrected chi connectivity index (χ3v) is 5.70. The number of benzene rings is 1. The molecule has 8 heteroatoms. The van der Waals surface area contributed by atoms with Crippen molar-refractivity contribution >= 4 is 29.2 Å². The Hall–Kier alpha value is -2.87. The van der Waals surface area contributed by atoms with Gasteiger partial charge in [-0.15, -0.1) is 0 Å². The molecular weight excluding hydrogens is 366 g/mol. The van der Waals surface area contributed by atoms with Gasteiger partial charge in [-0.1, -0.05) is 24.3 Å². The molecule has 5 rings (SSSR count). The molecule has 0 atom stereocenters. The van der Waals surface area contributed by atoms with Gasteiger partial charge in [-0.25, -0.2) is 0 Å². The van der Waals surface area contributed by atoms with Gasteiger partial charge in [0, 0.05) is 19.1 Å². The number of aromatic nitrogens is 2. The Morgan fingerprint density at radius 1 is 1.14 bits per heavy atom. The van der Waals surface area contributed by atoms with E-state index in [9.17, 15) is 4.79 Å². The lowest BCUT2D eigenvalue weighted by atomic mass is 10.1. The van der Waals surface area contributed by atoms with Crippen LogP contribution in [-0.2, 0) is 17.9 Å². The summed E-state index contributed by atoms with van der Waals surface area (Å²) in [7, 11) is 0. The lowest BCUT2D eigenvalue weighted by molar-refractivity contribution is -0.115. The quantitative estimate of drug-likeness (QED) is 0.692. The maximum Gasteiger partial charge on any atom is 0.244 e. The number of carbonyl (C=O) groups excluding carboxylic acids is 1. The zero-order valence-electron chi connectivity index (χ0n) is 16.5. The highest BCUT2D eigenvalue weighted by molar-refractivity contribution is 6.03. The Labute approximate surface area is 170 Å². The predicted molar refractivity (Wildman–Crippen MR) is 114 cm³/mol. The molecule has 1 aliphatic carbocycles. The summed E-state index contributed by atoms with van der Waals surface area (Å²) in [5.74, 6) is 1.43. The zero-order chi connectivity index (χ0) is 19.8. The Morgan fingerprint density at radius 3 is 2.66 bits per heavy atom. The smallest absolute Gasteiger partial charge is 0.244 e. The van der Waals surface area contributed by atoms with Crippen molar-refractivity contribution in [2.45, 2.75) is 44.8 Å². The Morgan fingerprint density at radius 2 is 1.90 bits per heavy atom. The second-order valence-electron chi connectivity index (χ2n) is 8.26. The van der Waals surface area contributed by atoms with Crippen molar-refractivity contribution in [3.05, 3.63) is 35.4 Å². The van der Waals surface area contributed by atoms with Crippen molar-refractivity contribution in [1.82, 2.24) is 14.9 Å². The number of hydrogen-bond acceptors (Lipinski definition) is 7. The number of amides is 1. The predicted octanol–water partition coefficient (Wildman–Crippen LogP) is 2.19. The lowest BCUT2D eigenvalue weighted by Gasteiger charge is -2.30. The van der Waals surface area contributed by atoms with Crippen LogP contribution in [0, 0.1) is 0 Å². The molecule has 1 aromatic heterocycles. The molecule has 29 heavy (non-hydrogen) atoms. The third-order valence-electron chi connectivity index (χ3n) is 5.70. The van der Waals surface area contributed by atoms with Gasteiger partial charge in [0.2, 0.25) is 11.9 Å². The number of anilines is 4. The lowest BCUT2D eigenvalue weighted by Crippen LogP contribution is -2.39. The van der Waals surface area contributed by atoms with E-state index in [1.165, 1.54) is 31.5 Å². The molecule has 1 aromatic carbocycles. The average molecular weight is 393 g/mol. The van der Waals surface area contributed by atoms with Crippen molar-refractivity contribution in [1.29, 1.82) is 0 Å². The minimum atomic E-state index is -0.0936. The first-order valence-electron chi connectivity index (χ1n) is 10.4. The summed E-state index contributed by atoms with van der Waals surface area (Å²) in [6.07, 6.45) is 4.84. The summed E-state index contributed by atoms with van der Waals surface area (Å²) in [5, 5.41) is 6.14. The van der Waals surface area contributed by atoms with Crippen LogP contribution in [0.4, 0.5) is 23.3 Å². The van der Waals surface area contributed by atoms with Crippen LogP contribution < -0.4 is 21.3 Å². The van der Waals surface area contributed by atoms with Gasteiger partial charge in [-0.05, 0) is 49.9 Å². The normalized spacial score (nSPS) is 19.2. The number of nitrogens with one attached hydrogen (secondary N) is 2. The van der Waals surface area contributed by atoms with Gasteiger partial charge >= 0.3 is 0 Å². The number of hydrogen-bond donors (Lipinski definition) is 3. The van der Waals surface area contributed by atoms with Crippen LogP contribution in [0.2, 0.25) is 0 Å². The number of nitrogen functional groups attached to an aromatic ring is 1. The third kappa shape index (κ3) is 4.12. The first kappa shape index (κ1) is 18.2. The maximum atomic E-state index is 12.3. The number of nitrogens with zero attached hydrogens (tertiary/aromatic N) is 4. The number of carbonyl (C=O) groups is 1. The molecular formula is C21H27N7O. The first-order chi connectivity index (χ1) is 14.1. The molecule has 0 radical (unpaired) electrons. The van der Waals surface area contributed by atoms with Crippen LogP contribution >= 0.6 is 0 Å². The van der Waals surface area contributed by atoms with E-state index in [1.54, 1.807) is 0 Å². The fraction of sp³-hybridized carbons (Fsp3) is 0.476. The van der Waals surface area contributed by atoms with Crippen molar-refractivity contribution < 1.29 is 4.79 Å². The molecule has 0 bridgehead atoms. The van der Waals surface area contributed by atoms with Crippen molar-refractivity contribution in [2.24, 2.45) is 0 Å². The Bertz CT molecular complexity index is 921. The van der Waals surface area contributed by atoms with E-state index in [2.05, 4.69) is 49.8 Å². The largest absolute Gasteiger partial charge is 0.382 e. The van der Waals surface area contributed by atoms with E-state index in [0.29, 0.717) is 35.9 Å². The number of likely N-dealkylation sites (tertiary alicyclic amines) is 1. The highest BCUT2D eigenvalue weighted by atomic mass is 16.2. The summed E-state index contributed by atoms with van der Waals surface area (Å²) in [6.45, 7) is 4.19. The highest BCUT2D eigenvalue weighted by Crippen LogP contribution is 2.35. The van der Waals surface area contributed by atoms with Gasteiger partial charge < -0.3 is 21.3 Å². The van der Waals surface area contributed by atoms with Crippen molar-refractivity contribution in [3.8, 4) is 0 Å². The molecule has 8 nitrogen and oxygen atoms in total. The summed E-state index contributed by atoms with van der Waals surface area (Å²) < 4.78 is 0. The van der Waals surface area contributed by atoms with Gasteiger partial charge in [0.05, 0.1) is 6.54 Å². The number of fused-ring (bicyclic) bond motifs is 1. The van der Waals surface area contributed by atoms with Crippen LogP contribution in [0.3, 0.4) is 0 Å². The molecule has 0 spiro atoms. The van der Waals surface area contributed by atoms with Gasteiger partial charge in [-0.2, -0.15) is 9.97 Å². The van der Waals surface area contributed by atoms with E-state index in [-0.39, 0.29) is 12.5 Å². The van der Waals surface area contributed by atoms with Crippen LogP contribution in [-0.4, -0.2) is 46.5 Å². The van der Waals surface area contributed by atoms with E-state index in [1.807, 2.05) is 4.90 Å². The van der Waals surface area contributed by atoms with Crippen molar-refractivity contribution in [3.63, 3.8) is 0 Å². The minimum absolute atomic E-state index is 0.0936.